The fraction of sp³-hybridized carbons (Fsp3) is 0. The van der Waals surface area contributed by atoms with E-state index in [0.29, 0.717) is 0 Å². The highest BCUT2D eigenvalue weighted by molar-refractivity contribution is 5.77. The van der Waals surface area contributed by atoms with E-state index >= 15 is 0 Å². The summed E-state index contributed by atoms with van der Waals surface area (Å²) in [6, 6.07) is 19.5. The van der Waals surface area contributed by atoms with Crippen molar-refractivity contribution in [1.82, 2.24) is 4.98 Å². The maximum absolute atomic E-state index is 5.78. The molecule has 0 spiro atoms. The summed E-state index contributed by atoms with van der Waals surface area (Å²) in [5.41, 5.74) is 16.1. The van der Waals surface area contributed by atoms with Crippen LogP contribution >= 0.6 is 0 Å². The van der Waals surface area contributed by atoms with E-state index in [2.05, 4.69) is 9.88 Å². The summed E-state index contributed by atoms with van der Waals surface area (Å²) >= 11 is 0. The third-order valence-corrected chi connectivity index (χ3v) is 3.22. The summed E-state index contributed by atoms with van der Waals surface area (Å²) in [6.07, 6.45) is 3.55. The second-order valence-corrected chi connectivity index (χ2v) is 4.72. The average molecular weight is 276 g/mol. The van der Waals surface area contributed by atoms with Crippen LogP contribution in [-0.4, -0.2) is 4.98 Å². The number of hydrogen-bond donors (Lipinski definition) is 2. The Morgan fingerprint density at radius 2 is 0.952 bits per heavy atom. The van der Waals surface area contributed by atoms with E-state index in [0.717, 1.165) is 28.4 Å². The van der Waals surface area contributed by atoms with E-state index in [9.17, 15) is 0 Å². The molecule has 4 nitrogen and oxygen atoms in total. The normalized spacial score (nSPS) is 10.3. The molecule has 0 atom stereocenters. The Bertz CT molecular complexity index is 661. The quantitative estimate of drug-likeness (QED) is 0.715. The molecule has 0 bridgehead atoms. The molecule has 104 valence electrons. The second-order valence-electron chi connectivity index (χ2n) is 4.72. The zero-order valence-electron chi connectivity index (χ0n) is 11.5. The number of rotatable bonds is 3. The van der Waals surface area contributed by atoms with Gasteiger partial charge in [0.25, 0.3) is 0 Å². The van der Waals surface area contributed by atoms with Crippen LogP contribution in [0.2, 0.25) is 0 Å². The Labute approximate surface area is 123 Å². The highest BCUT2D eigenvalue weighted by Gasteiger charge is 2.11. The van der Waals surface area contributed by atoms with Gasteiger partial charge in [0.05, 0.1) is 0 Å². The van der Waals surface area contributed by atoms with Crippen LogP contribution in [0.15, 0.2) is 73.1 Å². The lowest BCUT2D eigenvalue weighted by atomic mass is 10.2. The van der Waals surface area contributed by atoms with Crippen LogP contribution < -0.4 is 16.4 Å². The zero-order valence-corrected chi connectivity index (χ0v) is 11.5. The molecule has 4 heteroatoms. The molecule has 0 aliphatic heterocycles. The van der Waals surface area contributed by atoms with Gasteiger partial charge in [0, 0.05) is 40.8 Å². The van der Waals surface area contributed by atoms with Gasteiger partial charge in [-0.2, -0.15) is 0 Å². The Morgan fingerprint density at radius 1 is 0.571 bits per heavy atom. The fourth-order valence-corrected chi connectivity index (χ4v) is 2.19. The van der Waals surface area contributed by atoms with Crippen LogP contribution in [0.25, 0.3) is 0 Å². The van der Waals surface area contributed by atoms with Crippen LogP contribution in [0, 0.1) is 0 Å². The SMILES string of the molecule is Nc1ccc(N(c2ccncc2)c2ccc(N)cc2)cc1. The van der Waals surface area contributed by atoms with Gasteiger partial charge in [-0.1, -0.05) is 0 Å². The first-order valence-electron chi connectivity index (χ1n) is 6.65. The van der Waals surface area contributed by atoms with Crippen molar-refractivity contribution in [2.45, 2.75) is 0 Å². The van der Waals surface area contributed by atoms with E-state index in [1.54, 1.807) is 12.4 Å². The molecule has 0 radical (unpaired) electrons. The minimum absolute atomic E-state index is 0.741. The molecule has 0 aliphatic carbocycles. The third-order valence-electron chi connectivity index (χ3n) is 3.22. The molecule has 0 saturated carbocycles. The highest BCUT2D eigenvalue weighted by atomic mass is 15.1. The van der Waals surface area contributed by atoms with Gasteiger partial charge in [0.2, 0.25) is 0 Å². The molecule has 21 heavy (non-hydrogen) atoms. The summed E-state index contributed by atoms with van der Waals surface area (Å²) in [4.78, 5) is 6.20. The molecule has 2 aromatic carbocycles. The molecule has 1 aromatic heterocycles. The number of nitrogens with zero attached hydrogens (tertiary/aromatic N) is 2. The first kappa shape index (κ1) is 13.0. The van der Waals surface area contributed by atoms with Crippen LogP contribution in [0.1, 0.15) is 0 Å². The van der Waals surface area contributed by atoms with Crippen LogP contribution in [0.5, 0.6) is 0 Å². The van der Waals surface area contributed by atoms with Crippen molar-refractivity contribution in [3.8, 4) is 0 Å². The van der Waals surface area contributed by atoms with E-state index < -0.39 is 0 Å². The molecule has 0 aliphatic rings. The summed E-state index contributed by atoms with van der Waals surface area (Å²) in [5.74, 6) is 0. The number of pyridine rings is 1. The van der Waals surface area contributed by atoms with Gasteiger partial charge in [-0.05, 0) is 60.7 Å². The van der Waals surface area contributed by atoms with Gasteiger partial charge in [-0.25, -0.2) is 0 Å². The van der Waals surface area contributed by atoms with Crippen molar-refractivity contribution in [3.63, 3.8) is 0 Å². The molecule has 0 saturated heterocycles. The van der Waals surface area contributed by atoms with Crippen molar-refractivity contribution in [3.05, 3.63) is 73.1 Å². The number of nitrogens with two attached hydrogens (primary N) is 2. The fourth-order valence-electron chi connectivity index (χ4n) is 2.19. The van der Waals surface area contributed by atoms with Gasteiger partial charge in [0.15, 0.2) is 0 Å². The number of hydrogen-bond acceptors (Lipinski definition) is 4. The first-order valence-corrected chi connectivity index (χ1v) is 6.65. The van der Waals surface area contributed by atoms with Gasteiger partial charge in [-0.3, -0.25) is 4.98 Å². The molecule has 3 rings (SSSR count). The van der Waals surface area contributed by atoms with Crippen molar-refractivity contribution in [2.24, 2.45) is 0 Å². The van der Waals surface area contributed by atoms with Crippen molar-refractivity contribution < 1.29 is 0 Å². The lowest BCUT2D eigenvalue weighted by molar-refractivity contribution is 1.24. The van der Waals surface area contributed by atoms with Gasteiger partial charge in [0.1, 0.15) is 0 Å². The van der Waals surface area contributed by atoms with E-state index in [4.69, 9.17) is 11.5 Å². The molecular formula is C17H16N4. The Hall–Kier alpha value is -3.01. The lowest BCUT2D eigenvalue weighted by Gasteiger charge is -2.25. The number of anilines is 5. The van der Waals surface area contributed by atoms with Gasteiger partial charge < -0.3 is 16.4 Å². The molecular weight excluding hydrogens is 260 g/mol. The maximum atomic E-state index is 5.78. The summed E-state index contributed by atoms with van der Waals surface area (Å²) in [7, 11) is 0. The van der Waals surface area contributed by atoms with Crippen LogP contribution in [0.3, 0.4) is 0 Å². The molecule has 0 amide bonds. The van der Waals surface area contributed by atoms with E-state index in [1.807, 2.05) is 60.7 Å². The smallest absolute Gasteiger partial charge is 0.0492 e. The molecule has 0 unspecified atom stereocenters. The first-order chi connectivity index (χ1) is 10.2. The predicted molar refractivity (Wildman–Crippen MR) is 87.7 cm³/mol. The number of aromatic nitrogens is 1. The maximum Gasteiger partial charge on any atom is 0.0492 e. The van der Waals surface area contributed by atoms with Crippen molar-refractivity contribution >= 4 is 28.4 Å². The third kappa shape index (κ3) is 2.79. The van der Waals surface area contributed by atoms with Crippen molar-refractivity contribution in [1.29, 1.82) is 0 Å². The largest absolute Gasteiger partial charge is 0.399 e. The molecule has 0 fully saturated rings. The molecule has 3 aromatic rings. The van der Waals surface area contributed by atoms with Crippen LogP contribution in [0.4, 0.5) is 28.4 Å². The minimum atomic E-state index is 0.741. The molecule has 4 N–H and O–H groups in total. The summed E-state index contributed by atoms with van der Waals surface area (Å²) in [5, 5.41) is 0. The molecule has 1 heterocycles. The number of nitrogen functional groups attached to an aromatic ring is 2. The average Bonchev–Trinajstić information content (AvgIpc) is 2.52. The minimum Gasteiger partial charge on any atom is -0.399 e. The van der Waals surface area contributed by atoms with E-state index in [-0.39, 0.29) is 0 Å². The van der Waals surface area contributed by atoms with Gasteiger partial charge >= 0.3 is 0 Å². The summed E-state index contributed by atoms with van der Waals surface area (Å²) in [6.45, 7) is 0. The Kier molecular flexibility index (Phi) is 3.43. The van der Waals surface area contributed by atoms with Crippen LogP contribution in [-0.2, 0) is 0 Å². The van der Waals surface area contributed by atoms with E-state index in [1.165, 1.54) is 0 Å². The lowest BCUT2D eigenvalue weighted by Crippen LogP contribution is -2.10. The van der Waals surface area contributed by atoms with Gasteiger partial charge in [-0.15, -0.1) is 0 Å². The Morgan fingerprint density at radius 3 is 1.38 bits per heavy atom. The zero-order chi connectivity index (χ0) is 14.7. The predicted octanol–water partition coefficient (Wildman–Crippen LogP) is 3.72. The standard InChI is InChI=1S/C17H16N4/c18-13-1-5-15(6-2-13)21(17-9-11-20-12-10-17)16-7-3-14(19)4-8-16/h1-12H,18-19H2. The monoisotopic (exact) mass is 276 g/mol. The number of benzene rings is 2. The summed E-state index contributed by atoms with van der Waals surface area (Å²) < 4.78 is 0. The van der Waals surface area contributed by atoms with Crippen molar-refractivity contribution in [2.75, 3.05) is 16.4 Å². The topological polar surface area (TPSA) is 68.2 Å². The second kappa shape index (κ2) is 5.54. The highest BCUT2D eigenvalue weighted by Crippen LogP contribution is 2.34. The Balaban J connectivity index is 2.11.